The normalized spacial score (nSPS) is 21.8. The van der Waals surface area contributed by atoms with Crippen LogP contribution in [0.4, 0.5) is 10.3 Å². The first-order valence-electron chi connectivity index (χ1n) is 8.34. The minimum Gasteiger partial charge on any atom is -0.382 e. The Hall–Kier alpha value is -2.25. The molecule has 0 bridgehead atoms. The third kappa shape index (κ3) is 2.46. The second-order valence-corrected chi connectivity index (χ2v) is 8.01. The molecule has 26 heavy (non-hydrogen) atoms. The summed E-state index contributed by atoms with van der Waals surface area (Å²) >= 11 is 6.19. The molecular formula is C18H19ClFN5O. The number of hydrogen-bond donors (Lipinski definition) is 2. The number of benzene rings is 1. The van der Waals surface area contributed by atoms with E-state index in [-0.39, 0.29) is 22.0 Å². The highest BCUT2D eigenvalue weighted by Gasteiger charge is 2.41. The van der Waals surface area contributed by atoms with Crippen molar-refractivity contribution >= 4 is 28.6 Å². The average molecular weight is 376 g/mol. The number of nitrogens with zero attached hydrogens (tertiary/aromatic N) is 4. The van der Waals surface area contributed by atoms with Crippen LogP contribution in [0.3, 0.4) is 0 Å². The van der Waals surface area contributed by atoms with Gasteiger partial charge in [-0.2, -0.15) is 0 Å². The first-order valence-corrected chi connectivity index (χ1v) is 8.72. The Balaban J connectivity index is 2.06. The van der Waals surface area contributed by atoms with E-state index >= 15 is 0 Å². The molecule has 1 unspecified atom stereocenters. The van der Waals surface area contributed by atoms with Crippen molar-refractivity contribution < 1.29 is 9.50 Å². The van der Waals surface area contributed by atoms with Gasteiger partial charge in [-0.15, -0.1) is 0 Å². The summed E-state index contributed by atoms with van der Waals surface area (Å²) in [6.45, 7) is 5.81. The standard InChI is InChI=1S/C18H19ClFN5O/c1-17(2)4-5-18(3,26)15-23-14-11(20)6-9(7-12(14)25(15)17)13-10(19)8-22-16(21)24-13/h6-8,26H,4-5H2,1-3H3,(H2,21,22,24). The number of aromatic nitrogens is 4. The summed E-state index contributed by atoms with van der Waals surface area (Å²) in [5.74, 6) is 0.0239. The maximum atomic E-state index is 14.9. The Kier molecular flexibility index (Phi) is 3.55. The van der Waals surface area contributed by atoms with E-state index in [9.17, 15) is 9.50 Å². The molecule has 1 aliphatic rings. The predicted octanol–water partition coefficient (Wildman–Crippen LogP) is 3.60. The maximum absolute atomic E-state index is 14.9. The van der Waals surface area contributed by atoms with Gasteiger partial charge in [-0.1, -0.05) is 11.6 Å². The highest BCUT2D eigenvalue weighted by atomic mass is 35.5. The second kappa shape index (κ2) is 5.37. The number of aliphatic hydroxyl groups is 1. The Morgan fingerprint density at radius 2 is 1.96 bits per heavy atom. The number of hydrogen-bond acceptors (Lipinski definition) is 5. The average Bonchev–Trinajstić information content (AvgIpc) is 2.97. The molecule has 1 aromatic carbocycles. The van der Waals surface area contributed by atoms with Gasteiger partial charge in [0.05, 0.1) is 22.4 Å². The quantitative estimate of drug-likeness (QED) is 0.678. The fraction of sp³-hybridized carbons (Fsp3) is 0.389. The van der Waals surface area contributed by atoms with Crippen LogP contribution in [-0.2, 0) is 11.1 Å². The van der Waals surface area contributed by atoms with E-state index in [4.69, 9.17) is 17.3 Å². The van der Waals surface area contributed by atoms with E-state index in [2.05, 4.69) is 15.0 Å². The molecule has 3 heterocycles. The number of anilines is 1. The van der Waals surface area contributed by atoms with Crippen LogP contribution in [0.25, 0.3) is 22.3 Å². The molecule has 2 aromatic heterocycles. The van der Waals surface area contributed by atoms with Gasteiger partial charge in [-0.05, 0) is 45.7 Å². The number of halogens is 2. The molecule has 6 nitrogen and oxygen atoms in total. The minimum atomic E-state index is -1.11. The fourth-order valence-corrected chi connectivity index (χ4v) is 3.80. The third-order valence-corrected chi connectivity index (χ3v) is 5.34. The number of fused-ring (bicyclic) bond motifs is 3. The van der Waals surface area contributed by atoms with Gasteiger partial charge in [-0.3, -0.25) is 0 Å². The molecule has 0 radical (unpaired) electrons. The first kappa shape index (κ1) is 17.2. The zero-order chi connectivity index (χ0) is 18.9. The Bertz CT molecular complexity index is 1040. The maximum Gasteiger partial charge on any atom is 0.220 e. The van der Waals surface area contributed by atoms with Crippen molar-refractivity contribution in [3.05, 3.63) is 35.0 Å². The molecule has 0 aliphatic carbocycles. The van der Waals surface area contributed by atoms with Gasteiger partial charge in [0.1, 0.15) is 16.9 Å². The summed E-state index contributed by atoms with van der Waals surface area (Å²) in [5.41, 5.74) is 5.89. The lowest BCUT2D eigenvalue weighted by molar-refractivity contribution is -0.0000637. The van der Waals surface area contributed by atoms with Gasteiger partial charge in [0, 0.05) is 11.1 Å². The second-order valence-electron chi connectivity index (χ2n) is 7.61. The Labute approximate surface area is 154 Å². The molecule has 3 N–H and O–H groups in total. The van der Waals surface area contributed by atoms with Crippen LogP contribution in [0.15, 0.2) is 18.3 Å². The van der Waals surface area contributed by atoms with Gasteiger partial charge in [0.2, 0.25) is 5.95 Å². The minimum absolute atomic E-state index is 0.0588. The fourth-order valence-electron chi connectivity index (χ4n) is 3.60. The lowest BCUT2D eigenvalue weighted by atomic mass is 9.84. The van der Waals surface area contributed by atoms with Crippen molar-refractivity contribution in [1.82, 2.24) is 19.5 Å². The molecule has 0 fully saturated rings. The van der Waals surface area contributed by atoms with Crippen LogP contribution in [0.1, 0.15) is 39.4 Å². The lowest BCUT2D eigenvalue weighted by Crippen LogP contribution is -2.41. The van der Waals surface area contributed by atoms with Crippen LogP contribution in [0, 0.1) is 5.82 Å². The van der Waals surface area contributed by atoms with E-state index in [1.807, 2.05) is 18.4 Å². The van der Waals surface area contributed by atoms with Crippen LogP contribution >= 0.6 is 11.6 Å². The summed E-state index contributed by atoms with van der Waals surface area (Å²) < 4.78 is 16.8. The molecule has 136 valence electrons. The van der Waals surface area contributed by atoms with E-state index < -0.39 is 11.4 Å². The molecule has 0 saturated heterocycles. The van der Waals surface area contributed by atoms with Crippen molar-refractivity contribution in [2.75, 3.05) is 5.73 Å². The monoisotopic (exact) mass is 375 g/mol. The molecule has 0 spiro atoms. The largest absolute Gasteiger partial charge is 0.382 e. The van der Waals surface area contributed by atoms with E-state index in [1.54, 1.807) is 13.0 Å². The molecular weight excluding hydrogens is 357 g/mol. The topological polar surface area (TPSA) is 89.8 Å². The van der Waals surface area contributed by atoms with Crippen LogP contribution in [-0.4, -0.2) is 24.6 Å². The van der Waals surface area contributed by atoms with Crippen molar-refractivity contribution in [2.45, 2.75) is 44.8 Å². The smallest absolute Gasteiger partial charge is 0.220 e. The summed E-state index contributed by atoms with van der Waals surface area (Å²) in [6, 6.07) is 3.11. The van der Waals surface area contributed by atoms with Crippen LogP contribution in [0.2, 0.25) is 5.02 Å². The summed E-state index contributed by atoms with van der Waals surface area (Å²) in [4.78, 5) is 12.4. The SMILES string of the molecule is CC1(O)CCC(C)(C)n2c1nc1c(F)cc(-c3nc(N)ncc3Cl)cc12. The van der Waals surface area contributed by atoms with Crippen LogP contribution < -0.4 is 5.73 Å². The molecule has 8 heteroatoms. The summed E-state index contributed by atoms with van der Waals surface area (Å²) in [5, 5.41) is 11.0. The predicted molar refractivity (Wildman–Crippen MR) is 98.3 cm³/mol. The Morgan fingerprint density at radius 1 is 1.23 bits per heavy atom. The van der Waals surface area contributed by atoms with Crippen molar-refractivity contribution in [1.29, 1.82) is 0 Å². The van der Waals surface area contributed by atoms with Crippen LogP contribution in [0.5, 0.6) is 0 Å². The molecule has 0 saturated carbocycles. The zero-order valence-corrected chi connectivity index (χ0v) is 15.5. The highest BCUT2D eigenvalue weighted by molar-refractivity contribution is 6.33. The van der Waals surface area contributed by atoms with Gasteiger partial charge in [0.15, 0.2) is 5.82 Å². The van der Waals surface area contributed by atoms with Gasteiger partial charge < -0.3 is 15.4 Å². The molecule has 3 aromatic rings. The molecule has 0 amide bonds. The number of imidazole rings is 1. The number of nitrogens with two attached hydrogens (primary N) is 1. The van der Waals surface area contributed by atoms with Gasteiger partial charge in [0.25, 0.3) is 0 Å². The zero-order valence-electron chi connectivity index (χ0n) is 14.7. The third-order valence-electron chi connectivity index (χ3n) is 5.06. The van der Waals surface area contributed by atoms with E-state index in [0.29, 0.717) is 29.0 Å². The van der Waals surface area contributed by atoms with Crippen molar-refractivity contribution in [3.8, 4) is 11.3 Å². The summed E-state index contributed by atoms with van der Waals surface area (Å²) in [6.07, 6.45) is 2.69. The summed E-state index contributed by atoms with van der Waals surface area (Å²) in [7, 11) is 0. The molecule has 1 atom stereocenters. The number of nitrogen functional groups attached to an aromatic ring is 1. The van der Waals surface area contributed by atoms with Gasteiger partial charge in [-0.25, -0.2) is 19.3 Å². The Morgan fingerprint density at radius 3 is 2.69 bits per heavy atom. The highest BCUT2D eigenvalue weighted by Crippen LogP contribution is 2.43. The van der Waals surface area contributed by atoms with Crippen molar-refractivity contribution in [2.24, 2.45) is 0 Å². The van der Waals surface area contributed by atoms with E-state index in [0.717, 1.165) is 6.42 Å². The molecule has 1 aliphatic heterocycles. The van der Waals surface area contributed by atoms with Gasteiger partial charge >= 0.3 is 0 Å². The lowest BCUT2D eigenvalue weighted by Gasteiger charge is -2.40. The first-order chi connectivity index (χ1) is 12.1. The number of rotatable bonds is 1. The molecule has 4 rings (SSSR count). The van der Waals surface area contributed by atoms with E-state index in [1.165, 1.54) is 12.3 Å². The van der Waals surface area contributed by atoms with Crippen molar-refractivity contribution in [3.63, 3.8) is 0 Å².